The lowest BCUT2D eigenvalue weighted by molar-refractivity contribution is -0.137. The molecule has 3 heterocycles. The van der Waals surface area contributed by atoms with Gasteiger partial charge in [-0.05, 0) is 44.9 Å². The van der Waals surface area contributed by atoms with Crippen molar-refractivity contribution in [1.29, 1.82) is 0 Å². The number of hydrogen-bond donors (Lipinski definition) is 0. The quantitative estimate of drug-likeness (QED) is 0.399. The standard InChI is InChI=1S/C27H29ClN6O/c1-17-7-9-19(10-8-17)24-30-31-25-22-12-11-21(28)15-23(22)29-27(34(24)25)32-13-14-33(18(2)16-32)26(35)20-5-3-4-6-20/h7-12,15,18,20H,3-6,13-14,16H2,1-2H3. The zero-order valence-electron chi connectivity index (χ0n) is 20.1. The predicted molar refractivity (Wildman–Crippen MR) is 139 cm³/mol. The van der Waals surface area contributed by atoms with Gasteiger partial charge < -0.3 is 9.80 Å². The molecule has 1 saturated carbocycles. The number of anilines is 1. The Hall–Kier alpha value is -3.19. The molecule has 6 rings (SSSR count). The van der Waals surface area contributed by atoms with Crippen molar-refractivity contribution >= 4 is 40.0 Å². The molecule has 2 aromatic carbocycles. The van der Waals surface area contributed by atoms with Crippen LogP contribution in [-0.4, -0.2) is 56.1 Å². The molecular weight excluding hydrogens is 460 g/mol. The summed E-state index contributed by atoms with van der Waals surface area (Å²) in [5.41, 5.74) is 3.73. The first-order valence-electron chi connectivity index (χ1n) is 12.5. The van der Waals surface area contributed by atoms with Crippen molar-refractivity contribution in [2.75, 3.05) is 24.5 Å². The largest absolute Gasteiger partial charge is 0.338 e. The van der Waals surface area contributed by atoms with Gasteiger partial charge in [0.2, 0.25) is 11.9 Å². The van der Waals surface area contributed by atoms with Crippen LogP contribution in [0.3, 0.4) is 0 Å². The highest BCUT2D eigenvalue weighted by molar-refractivity contribution is 6.31. The second-order valence-electron chi connectivity index (χ2n) is 9.93. The fraction of sp³-hybridized carbons (Fsp3) is 0.407. The minimum absolute atomic E-state index is 0.100. The van der Waals surface area contributed by atoms with Crippen LogP contribution >= 0.6 is 11.6 Å². The molecule has 1 saturated heterocycles. The Labute approximate surface area is 209 Å². The van der Waals surface area contributed by atoms with Crippen molar-refractivity contribution < 1.29 is 4.79 Å². The molecule has 1 aliphatic heterocycles. The van der Waals surface area contributed by atoms with Crippen molar-refractivity contribution in [3.8, 4) is 11.4 Å². The van der Waals surface area contributed by atoms with E-state index >= 15 is 0 Å². The number of aryl methyl sites for hydroxylation is 1. The van der Waals surface area contributed by atoms with E-state index in [-0.39, 0.29) is 12.0 Å². The molecule has 0 bridgehead atoms. The Morgan fingerprint density at radius 2 is 1.80 bits per heavy atom. The highest BCUT2D eigenvalue weighted by Crippen LogP contribution is 2.32. The van der Waals surface area contributed by atoms with Gasteiger partial charge in [-0.3, -0.25) is 4.79 Å². The first-order chi connectivity index (χ1) is 17.0. The molecule has 2 aromatic heterocycles. The van der Waals surface area contributed by atoms with Crippen molar-refractivity contribution in [2.24, 2.45) is 5.92 Å². The van der Waals surface area contributed by atoms with E-state index in [2.05, 4.69) is 62.5 Å². The summed E-state index contributed by atoms with van der Waals surface area (Å²) >= 11 is 6.32. The zero-order valence-corrected chi connectivity index (χ0v) is 20.9. The number of aromatic nitrogens is 4. The van der Waals surface area contributed by atoms with Crippen LogP contribution in [0.5, 0.6) is 0 Å². The first-order valence-corrected chi connectivity index (χ1v) is 12.8. The van der Waals surface area contributed by atoms with Crippen LogP contribution in [0.2, 0.25) is 5.02 Å². The highest BCUT2D eigenvalue weighted by atomic mass is 35.5. The van der Waals surface area contributed by atoms with Gasteiger partial charge in [-0.25, -0.2) is 9.38 Å². The molecule has 8 heteroatoms. The van der Waals surface area contributed by atoms with Crippen LogP contribution in [0.25, 0.3) is 27.9 Å². The SMILES string of the molecule is Cc1ccc(-c2nnc3c4ccc(Cl)cc4nc(N4CCN(C(=O)C5CCCC5)C(C)C4)n23)cc1. The van der Waals surface area contributed by atoms with Gasteiger partial charge in [0.15, 0.2) is 11.5 Å². The third-order valence-electron chi connectivity index (χ3n) is 7.49. The molecule has 0 radical (unpaired) electrons. The Bertz CT molecular complexity index is 1410. The number of benzene rings is 2. The minimum atomic E-state index is 0.100. The molecule has 7 nitrogen and oxygen atoms in total. The molecule has 2 aliphatic rings. The van der Waals surface area contributed by atoms with E-state index in [0.29, 0.717) is 30.6 Å². The average molecular weight is 489 g/mol. The second kappa shape index (κ2) is 8.79. The summed E-state index contributed by atoms with van der Waals surface area (Å²) < 4.78 is 2.06. The summed E-state index contributed by atoms with van der Waals surface area (Å²) in [6.45, 7) is 6.32. The van der Waals surface area contributed by atoms with Crippen LogP contribution in [0.15, 0.2) is 42.5 Å². The summed E-state index contributed by atoms with van der Waals surface area (Å²) in [6, 6.07) is 14.1. The summed E-state index contributed by atoms with van der Waals surface area (Å²) in [7, 11) is 0. The molecule has 2 fully saturated rings. The topological polar surface area (TPSA) is 66.6 Å². The number of halogens is 1. The maximum atomic E-state index is 13.2. The molecule has 0 N–H and O–H groups in total. The Morgan fingerprint density at radius 3 is 2.54 bits per heavy atom. The van der Waals surface area contributed by atoms with E-state index in [1.165, 1.54) is 18.4 Å². The smallest absolute Gasteiger partial charge is 0.226 e. The fourth-order valence-corrected chi connectivity index (χ4v) is 5.73. The Morgan fingerprint density at radius 1 is 1.03 bits per heavy atom. The van der Waals surface area contributed by atoms with E-state index in [4.69, 9.17) is 16.6 Å². The van der Waals surface area contributed by atoms with E-state index in [0.717, 1.165) is 46.7 Å². The Kier molecular flexibility index (Phi) is 5.60. The van der Waals surface area contributed by atoms with Crippen molar-refractivity contribution in [2.45, 2.75) is 45.6 Å². The number of carbonyl (C=O) groups is 1. The molecule has 1 atom stereocenters. The van der Waals surface area contributed by atoms with E-state index < -0.39 is 0 Å². The summed E-state index contributed by atoms with van der Waals surface area (Å²) in [5.74, 6) is 2.07. The number of fused-ring (bicyclic) bond motifs is 3. The number of hydrogen-bond acceptors (Lipinski definition) is 5. The lowest BCUT2D eigenvalue weighted by Crippen LogP contribution is -2.55. The van der Waals surface area contributed by atoms with Gasteiger partial charge in [-0.2, -0.15) is 0 Å². The fourth-order valence-electron chi connectivity index (χ4n) is 5.57. The molecular formula is C27H29ClN6O. The predicted octanol–water partition coefficient (Wildman–Crippen LogP) is 5.13. The highest BCUT2D eigenvalue weighted by Gasteiger charge is 2.34. The van der Waals surface area contributed by atoms with Crippen LogP contribution < -0.4 is 4.90 Å². The zero-order chi connectivity index (χ0) is 24.1. The number of piperazine rings is 1. The molecule has 1 unspecified atom stereocenters. The third-order valence-corrected chi connectivity index (χ3v) is 7.73. The second-order valence-corrected chi connectivity index (χ2v) is 10.4. The van der Waals surface area contributed by atoms with E-state index in [1.54, 1.807) is 0 Å². The monoisotopic (exact) mass is 488 g/mol. The number of nitrogens with zero attached hydrogens (tertiary/aromatic N) is 6. The molecule has 0 spiro atoms. The van der Waals surface area contributed by atoms with E-state index in [9.17, 15) is 4.79 Å². The lowest BCUT2D eigenvalue weighted by Gasteiger charge is -2.41. The van der Waals surface area contributed by atoms with Gasteiger partial charge >= 0.3 is 0 Å². The Balaban J connectivity index is 1.43. The van der Waals surface area contributed by atoms with Crippen LogP contribution in [0, 0.1) is 12.8 Å². The van der Waals surface area contributed by atoms with Gasteiger partial charge in [-0.15, -0.1) is 10.2 Å². The van der Waals surface area contributed by atoms with Gasteiger partial charge in [0, 0.05) is 47.6 Å². The molecule has 1 amide bonds. The normalized spacial score (nSPS) is 19.2. The molecule has 35 heavy (non-hydrogen) atoms. The summed E-state index contributed by atoms with van der Waals surface area (Å²) in [5, 5.41) is 10.7. The number of carbonyl (C=O) groups excluding carboxylic acids is 1. The van der Waals surface area contributed by atoms with E-state index in [1.807, 2.05) is 18.2 Å². The minimum Gasteiger partial charge on any atom is -0.338 e. The van der Waals surface area contributed by atoms with Crippen LogP contribution in [0.4, 0.5) is 5.95 Å². The first kappa shape index (κ1) is 22.3. The number of rotatable bonds is 3. The molecule has 180 valence electrons. The van der Waals surface area contributed by atoms with Crippen molar-refractivity contribution in [1.82, 2.24) is 24.5 Å². The van der Waals surface area contributed by atoms with Crippen LogP contribution in [-0.2, 0) is 4.79 Å². The van der Waals surface area contributed by atoms with Gasteiger partial charge in [0.05, 0.1) is 5.52 Å². The maximum Gasteiger partial charge on any atom is 0.226 e. The van der Waals surface area contributed by atoms with Gasteiger partial charge in [0.25, 0.3) is 0 Å². The van der Waals surface area contributed by atoms with Crippen molar-refractivity contribution in [3.63, 3.8) is 0 Å². The number of amides is 1. The van der Waals surface area contributed by atoms with Gasteiger partial charge in [-0.1, -0.05) is 54.3 Å². The molecule has 1 aliphatic carbocycles. The molecule has 4 aromatic rings. The lowest BCUT2D eigenvalue weighted by atomic mass is 10.0. The average Bonchev–Trinajstić information content (AvgIpc) is 3.54. The maximum absolute atomic E-state index is 13.2. The summed E-state index contributed by atoms with van der Waals surface area (Å²) in [4.78, 5) is 22.6. The summed E-state index contributed by atoms with van der Waals surface area (Å²) in [6.07, 6.45) is 4.39. The third kappa shape index (κ3) is 3.92. The van der Waals surface area contributed by atoms with Crippen molar-refractivity contribution in [3.05, 3.63) is 53.1 Å². The van der Waals surface area contributed by atoms with Gasteiger partial charge in [0.1, 0.15) is 0 Å². The van der Waals surface area contributed by atoms with Crippen LogP contribution in [0.1, 0.15) is 38.2 Å².